The molecule has 1 N–H and O–H groups in total. The number of carbonyl (C=O) groups is 2. The molecule has 1 saturated heterocycles. The van der Waals surface area contributed by atoms with Crippen molar-refractivity contribution in [3.63, 3.8) is 0 Å². The predicted octanol–water partition coefficient (Wildman–Crippen LogP) is 2.52. The number of urea groups is 1. The van der Waals surface area contributed by atoms with E-state index >= 15 is 0 Å². The maximum absolute atomic E-state index is 12.6. The molecular weight excluding hydrogens is 324 g/mol. The molecule has 0 spiro atoms. The van der Waals surface area contributed by atoms with Crippen LogP contribution < -0.4 is 14.8 Å². The van der Waals surface area contributed by atoms with Gasteiger partial charge in [-0.1, -0.05) is 0 Å². The Labute approximate surface area is 145 Å². The smallest absolute Gasteiger partial charge is 0.325 e. The summed E-state index contributed by atoms with van der Waals surface area (Å²) in [5.74, 6) is 1.56. The summed E-state index contributed by atoms with van der Waals surface area (Å²) in [5.41, 5.74) is -1.16. The lowest BCUT2D eigenvalue weighted by Crippen LogP contribution is -2.40. The molecule has 0 bridgehead atoms. The minimum Gasteiger partial charge on any atom is -0.497 e. The molecular formula is C18H20N2O5. The van der Waals surface area contributed by atoms with E-state index in [9.17, 15) is 9.59 Å². The van der Waals surface area contributed by atoms with Gasteiger partial charge in [0.15, 0.2) is 5.54 Å². The van der Waals surface area contributed by atoms with Crippen molar-refractivity contribution < 1.29 is 23.5 Å². The molecule has 132 valence electrons. The Bertz CT molecular complexity index is 741. The topological polar surface area (TPSA) is 81.0 Å². The van der Waals surface area contributed by atoms with E-state index in [1.807, 2.05) is 12.1 Å². The van der Waals surface area contributed by atoms with Gasteiger partial charge in [0.1, 0.15) is 17.3 Å². The van der Waals surface area contributed by atoms with E-state index < -0.39 is 11.6 Å². The average molecular weight is 344 g/mol. The fourth-order valence-corrected chi connectivity index (χ4v) is 2.71. The first-order valence-corrected chi connectivity index (χ1v) is 7.99. The van der Waals surface area contributed by atoms with Gasteiger partial charge in [-0.05, 0) is 49.7 Å². The maximum Gasteiger partial charge on any atom is 0.325 e. The molecule has 0 radical (unpaired) electrons. The van der Waals surface area contributed by atoms with Crippen molar-refractivity contribution in [2.45, 2.75) is 18.9 Å². The fourth-order valence-electron chi connectivity index (χ4n) is 2.71. The number of hydrogen-bond acceptors (Lipinski definition) is 5. The second-order valence-electron chi connectivity index (χ2n) is 5.87. The summed E-state index contributed by atoms with van der Waals surface area (Å²) in [6, 6.07) is 10.2. The second kappa shape index (κ2) is 6.88. The van der Waals surface area contributed by atoms with Gasteiger partial charge in [-0.15, -0.1) is 0 Å². The number of nitrogens with zero attached hydrogens (tertiary/aromatic N) is 1. The molecule has 1 aromatic carbocycles. The SMILES string of the molecule is COc1ccc(OCCCN2C(=O)NC(C)(c3ccco3)C2=O)cc1. The monoisotopic (exact) mass is 344 g/mol. The molecule has 1 aliphatic rings. The number of benzene rings is 1. The van der Waals surface area contributed by atoms with Crippen LogP contribution in [0.2, 0.25) is 0 Å². The van der Waals surface area contributed by atoms with Crippen LogP contribution in [-0.2, 0) is 10.3 Å². The molecule has 1 unspecified atom stereocenters. The van der Waals surface area contributed by atoms with Gasteiger partial charge in [0.25, 0.3) is 5.91 Å². The van der Waals surface area contributed by atoms with Crippen LogP contribution in [0, 0.1) is 0 Å². The third-order valence-corrected chi connectivity index (χ3v) is 4.14. The van der Waals surface area contributed by atoms with Crippen molar-refractivity contribution >= 4 is 11.9 Å². The highest BCUT2D eigenvalue weighted by atomic mass is 16.5. The van der Waals surface area contributed by atoms with E-state index in [1.54, 1.807) is 38.3 Å². The molecule has 2 heterocycles. The molecule has 1 aliphatic heterocycles. The minimum absolute atomic E-state index is 0.275. The lowest BCUT2D eigenvalue weighted by Gasteiger charge is -2.19. The van der Waals surface area contributed by atoms with Crippen LogP contribution in [0.3, 0.4) is 0 Å². The molecule has 0 saturated carbocycles. The predicted molar refractivity (Wildman–Crippen MR) is 89.4 cm³/mol. The number of carbonyl (C=O) groups excluding carboxylic acids is 2. The zero-order valence-corrected chi connectivity index (χ0v) is 14.2. The Balaban J connectivity index is 1.53. The van der Waals surface area contributed by atoms with Crippen molar-refractivity contribution in [2.24, 2.45) is 0 Å². The lowest BCUT2D eigenvalue weighted by atomic mass is 9.99. The van der Waals surface area contributed by atoms with E-state index in [0.29, 0.717) is 24.5 Å². The number of imide groups is 1. The van der Waals surface area contributed by atoms with Crippen LogP contribution in [0.4, 0.5) is 4.79 Å². The third-order valence-electron chi connectivity index (χ3n) is 4.14. The van der Waals surface area contributed by atoms with E-state index in [2.05, 4.69) is 5.32 Å². The lowest BCUT2D eigenvalue weighted by molar-refractivity contribution is -0.131. The highest BCUT2D eigenvalue weighted by Crippen LogP contribution is 2.29. The zero-order valence-electron chi connectivity index (χ0n) is 14.2. The van der Waals surface area contributed by atoms with E-state index in [4.69, 9.17) is 13.9 Å². The summed E-state index contributed by atoms with van der Waals surface area (Å²) in [6.07, 6.45) is 2.00. The molecule has 2 aromatic rings. The number of nitrogens with one attached hydrogen (secondary N) is 1. The number of rotatable bonds is 7. The summed E-state index contributed by atoms with van der Waals surface area (Å²) in [6.45, 7) is 2.30. The first-order valence-electron chi connectivity index (χ1n) is 7.99. The summed E-state index contributed by atoms with van der Waals surface area (Å²) in [7, 11) is 1.60. The number of ether oxygens (including phenoxy) is 2. The van der Waals surface area contributed by atoms with Gasteiger partial charge in [-0.3, -0.25) is 9.69 Å². The average Bonchev–Trinajstić information content (AvgIpc) is 3.23. The molecule has 7 heteroatoms. The molecule has 1 fully saturated rings. The standard InChI is InChI=1S/C18H20N2O5/c1-18(15-5-3-11-25-15)16(21)20(17(22)19-18)10-4-12-24-14-8-6-13(23-2)7-9-14/h3,5-9,11H,4,10,12H2,1-2H3,(H,19,22). The van der Waals surface area contributed by atoms with Gasteiger partial charge in [0.2, 0.25) is 0 Å². The molecule has 7 nitrogen and oxygen atoms in total. The fraction of sp³-hybridized carbons (Fsp3) is 0.333. The largest absolute Gasteiger partial charge is 0.497 e. The van der Waals surface area contributed by atoms with Crippen molar-refractivity contribution in [2.75, 3.05) is 20.3 Å². The molecule has 1 atom stereocenters. The van der Waals surface area contributed by atoms with Gasteiger partial charge < -0.3 is 19.2 Å². The van der Waals surface area contributed by atoms with Crippen LogP contribution in [0.25, 0.3) is 0 Å². The minimum atomic E-state index is -1.16. The van der Waals surface area contributed by atoms with Crippen LogP contribution in [0.15, 0.2) is 47.1 Å². The van der Waals surface area contributed by atoms with Gasteiger partial charge >= 0.3 is 6.03 Å². The number of hydrogen-bond donors (Lipinski definition) is 1. The molecule has 3 amide bonds. The normalized spacial score (nSPS) is 19.8. The van der Waals surface area contributed by atoms with E-state index in [-0.39, 0.29) is 12.5 Å². The Kier molecular flexibility index (Phi) is 4.65. The van der Waals surface area contributed by atoms with Crippen LogP contribution in [0.5, 0.6) is 11.5 Å². The third kappa shape index (κ3) is 3.31. The summed E-state index contributed by atoms with van der Waals surface area (Å²) >= 11 is 0. The number of amides is 3. The Morgan fingerprint density at radius 3 is 2.52 bits per heavy atom. The number of methoxy groups -OCH3 is 1. The Hall–Kier alpha value is -2.96. The quantitative estimate of drug-likeness (QED) is 0.617. The highest BCUT2D eigenvalue weighted by Gasteiger charge is 2.50. The molecule has 1 aromatic heterocycles. The zero-order chi connectivity index (χ0) is 17.9. The van der Waals surface area contributed by atoms with Crippen LogP contribution >= 0.6 is 0 Å². The maximum atomic E-state index is 12.6. The summed E-state index contributed by atoms with van der Waals surface area (Å²) < 4.78 is 16.0. The first-order chi connectivity index (χ1) is 12.0. The van der Waals surface area contributed by atoms with Crippen molar-refractivity contribution in [3.05, 3.63) is 48.4 Å². The van der Waals surface area contributed by atoms with Gasteiger partial charge in [-0.25, -0.2) is 4.79 Å². The Morgan fingerprint density at radius 1 is 1.16 bits per heavy atom. The van der Waals surface area contributed by atoms with Crippen molar-refractivity contribution in [1.29, 1.82) is 0 Å². The first kappa shape index (κ1) is 16.9. The van der Waals surface area contributed by atoms with E-state index in [1.165, 1.54) is 11.2 Å². The van der Waals surface area contributed by atoms with Gasteiger partial charge in [0, 0.05) is 6.54 Å². The number of furan rings is 1. The summed E-state index contributed by atoms with van der Waals surface area (Å²) in [5, 5.41) is 2.69. The van der Waals surface area contributed by atoms with Crippen molar-refractivity contribution in [3.8, 4) is 11.5 Å². The van der Waals surface area contributed by atoms with Crippen LogP contribution in [-0.4, -0.2) is 37.1 Å². The summed E-state index contributed by atoms with van der Waals surface area (Å²) in [4.78, 5) is 25.9. The second-order valence-corrected chi connectivity index (χ2v) is 5.87. The van der Waals surface area contributed by atoms with Crippen LogP contribution in [0.1, 0.15) is 19.1 Å². The van der Waals surface area contributed by atoms with E-state index in [0.717, 1.165) is 5.75 Å². The molecule has 3 rings (SSSR count). The highest BCUT2D eigenvalue weighted by molar-refractivity contribution is 6.06. The van der Waals surface area contributed by atoms with Gasteiger partial charge in [-0.2, -0.15) is 0 Å². The molecule has 25 heavy (non-hydrogen) atoms. The van der Waals surface area contributed by atoms with Gasteiger partial charge in [0.05, 0.1) is 20.0 Å². The molecule has 0 aliphatic carbocycles. The van der Waals surface area contributed by atoms with Crippen molar-refractivity contribution in [1.82, 2.24) is 10.2 Å². The Morgan fingerprint density at radius 2 is 1.88 bits per heavy atom.